The highest BCUT2D eigenvalue weighted by Gasteiger charge is 2.32. The van der Waals surface area contributed by atoms with Gasteiger partial charge in [-0.05, 0) is 13.8 Å². The Hall–Kier alpha value is -1.10. The van der Waals surface area contributed by atoms with Gasteiger partial charge in [-0.25, -0.2) is 4.98 Å². The quantitative estimate of drug-likeness (QED) is 0.829. The Balaban J connectivity index is 3.03. The molecule has 0 saturated heterocycles. The molecule has 14 heavy (non-hydrogen) atoms. The molecule has 0 aromatic carbocycles. The normalized spacial score (nSPS) is 11.4. The molecule has 0 aliphatic heterocycles. The lowest BCUT2D eigenvalue weighted by molar-refractivity contribution is -0.142. The van der Waals surface area contributed by atoms with Gasteiger partial charge in [0.15, 0.2) is 5.13 Å². The molecule has 0 saturated carbocycles. The van der Waals surface area contributed by atoms with Gasteiger partial charge in [0.2, 0.25) is 0 Å². The summed E-state index contributed by atoms with van der Waals surface area (Å²) in [5.41, 5.74) is -0.302. The number of hydrogen-bond donors (Lipinski definition) is 1. The van der Waals surface area contributed by atoms with E-state index >= 15 is 0 Å². The van der Waals surface area contributed by atoms with E-state index in [1.54, 1.807) is 19.2 Å². The third-order valence-electron chi connectivity index (χ3n) is 2.05. The van der Waals surface area contributed by atoms with Crippen LogP contribution >= 0.6 is 11.3 Å². The molecule has 0 spiro atoms. The summed E-state index contributed by atoms with van der Waals surface area (Å²) in [6.45, 7) is 3.31. The lowest BCUT2D eigenvalue weighted by Crippen LogP contribution is -2.29. The largest absolute Gasteiger partial charge is 0.481 e. The maximum Gasteiger partial charge on any atom is 0.315 e. The van der Waals surface area contributed by atoms with Crippen LogP contribution in [-0.4, -0.2) is 30.2 Å². The molecule has 0 radical (unpaired) electrons. The van der Waals surface area contributed by atoms with Crippen LogP contribution in [0.15, 0.2) is 5.38 Å². The first-order valence-corrected chi connectivity index (χ1v) is 5.10. The number of carbonyl (C=O) groups is 1. The second kappa shape index (κ2) is 3.57. The van der Waals surface area contributed by atoms with E-state index in [1.807, 2.05) is 19.0 Å². The second-order valence-corrected chi connectivity index (χ2v) is 4.68. The Morgan fingerprint density at radius 3 is 2.50 bits per heavy atom. The molecule has 0 unspecified atom stereocenters. The standard InChI is InChI=1S/C9H14N2O2S/c1-9(2,7(12)13)6-5-14-8(10-6)11(3)4/h5H,1-4H3,(H,12,13). The van der Waals surface area contributed by atoms with Crippen LogP contribution < -0.4 is 4.90 Å². The lowest BCUT2D eigenvalue weighted by atomic mass is 9.90. The number of aliphatic carboxylic acids is 1. The number of nitrogens with zero attached hydrogens (tertiary/aromatic N) is 2. The Labute approximate surface area is 87.2 Å². The number of aromatic nitrogens is 1. The van der Waals surface area contributed by atoms with Crippen LogP contribution in [0.2, 0.25) is 0 Å². The van der Waals surface area contributed by atoms with Gasteiger partial charge in [-0.15, -0.1) is 11.3 Å². The summed E-state index contributed by atoms with van der Waals surface area (Å²) in [5.74, 6) is -0.854. The predicted octanol–water partition coefficient (Wildman–Crippen LogP) is 1.57. The monoisotopic (exact) mass is 214 g/mol. The van der Waals surface area contributed by atoms with Gasteiger partial charge in [0, 0.05) is 19.5 Å². The third-order valence-corrected chi connectivity index (χ3v) is 3.06. The van der Waals surface area contributed by atoms with Crippen LogP contribution in [0.5, 0.6) is 0 Å². The van der Waals surface area contributed by atoms with Gasteiger partial charge in [0.1, 0.15) is 5.41 Å². The Kier molecular flexibility index (Phi) is 2.80. The molecule has 78 valence electrons. The fourth-order valence-corrected chi connectivity index (χ4v) is 1.79. The molecule has 1 heterocycles. The molecule has 4 nitrogen and oxygen atoms in total. The van der Waals surface area contributed by atoms with E-state index in [0.29, 0.717) is 5.69 Å². The molecular weight excluding hydrogens is 200 g/mol. The Morgan fingerprint density at radius 1 is 1.57 bits per heavy atom. The summed E-state index contributed by atoms with van der Waals surface area (Å²) in [7, 11) is 3.77. The average Bonchev–Trinajstić information content (AvgIpc) is 2.51. The van der Waals surface area contributed by atoms with E-state index in [9.17, 15) is 4.79 Å². The molecule has 0 aliphatic carbocycles. The molecule has 1 aromatic rings. The van der Waals surface area contributed by atoms with E-state index in [1.165, 1.54) is 11.3 Å². The van der Waals surface area contributed by atoms with Crippen LogP contribution in [0.4, 0.5) is 5.13 Å². The summed E-state index contributed by atoms with van der Waals surface area (Å²) >= 11 is 1.45. The number of thiazole rings is 1. The van der Waals surface area contributed by atoms with E-state index < -0.39 is 11.4 Å². The minimum Gasteiger partial charge on any atom is -0.481 e. The maximum absolute atomic E-state index is 11.0. The Bertz CT molecular complexity index is 344. The van der Waals surface area contributed by atoms with Crippen molar-refractivity contribution >= 4 is 22.4 Å². The van der Waals surface area contributed by atoms with Gasteiger partial charge >= 0.3 is 5.97 Å². The van der Waals surface area contributed by atoms with Gasteiger partial charge in [-0.3, -0.25) is 4.79 Å². The van der Waals surface area contributed by atoms with Crippen molar-refractivity contribution < 1.29 is 9.90 Å². The predicted molar refractivity (Wildman–Crippen MR) is 57.1 cm³/mol. The lowest BCUT2D eigenvalue weighted by Gasteiger charge is -2.16. The number of carboxylic acids is 1. The third kappa shape index (κ3) is 1.87. The minimum atomic E-state index is -0.912. The Morgan fingerprint density at radius 2 is 2.14 bits per heavy atom. The maximum atomic E-state index is 11.0. The van der Waals surface area contributed by atoms with Crippen molar-refractivity contribution in [3.63, 3.8) is 0 Å². The smallest absolute Gasteiger partial charge is 0.315 e. The van der Waals surface area contributed by atoms with Crippen molar-refractivity contribution in [3.8, 4) is 0 Å². The van der Waals surface area contributed by atoms with Crippen molar-refractivity contribution in [2.45, 2.75) is 19.3 Å². The SMILES string of the molecule is CN(C)c1nc(C(C)(C)C(=O)O)cs1. The first-order chi connectivity index (χ1) is 6.35. The summed E-state index contributed by atoms with van der Waals surface area (Å²) in [6, 6.07) is 0. The molecule has 0 aliphatic rings. The second-order valence-electron chi connectivity index (χ2n) is 3.84. The van der Waals surface area contributed by atoms with Gasteiger partial charge in [0.05, 0.1) is 5.69 Å². The zero-order chi connectivity index (χ0) is 10.9. The molecule has 1 N–H and O–H groups in total. The van der Waals surface area contributed by atoms with Gasteiger partial charge in [0.25, 0.3) is 0 Å². The highest BCUT2D eigenvalue weighted by Crippen LogP contribution is 2.28. The highest BCUT2D eigenvalue weighted by molar-refractivity contribution is 7.13. The zero-order valence-corrected chi connectivity index (χ0v) is 9.55. The number of rotatable bonds is 3. The van der Waals surface area contributed by atoms with Crippen molar-refractivity contribution in [2.75, 3.05) is 19.0 Å². The fraction of sp³-hybridized carbons (Fsp3) is 0.556. The van der Waals surface area contributed by atoms with E-state index in [0.717, 1.165) is 5.13 Å². The summed E-state index contributed by atoms with van der Waals surface area (Å²) in [6.07, 6.45) is 0. The van der Waals surface area contributed by atoms with Gasteiger partial charge in [-0.1, -0.05) is 0 Å². The van der Waals surface area contributed by atoms with E-state index in [4.69, 9.17) is 5.11 Å². The van der Waals surface area contributed by atoms with Crippen LogP contribution in [0, 0.1) is 0 Å². The first-order valence-electron chi connectivity index (χ1n) is 4.22. The zero-order valence-electron chi connectivity index (χ0n) is 8.74. The van der Waals surface area contributed by atoms with Crippen LogP contribution in [0.1, 0.15) is 19.5 Å². The summed E-state index contributed by atoms with van der Waals surface area (Å²) in [5, 5.41) is 11.6. The van der Waals surface area contributed by atoms with Crippen LogP contribution in [0.25, 0.3) is 0 Å². The van der Waals surface area contributed by atoms with Crippen molar-refractivity contribution in [1.29, 1.82) is 0 Å². The molecule has 5 heteroatoms. The topological polar surface area (TPSA) is 53.4 Å². The highest BCUT2D eigenvalue weighted by atomic mass is 32.1. The van der Waals surface area contributed by atoms with E-state index in [2.05, 4.69) is 4.98 Å². The summed E-state index contributed by atoms with van der Waals surface area (Å²) in [4.78, 5) is 17.1. The molecular formula is C9H14N2O2S. The van der Waals surface area contributed by atoms with Crippen molar-refractivity contribution in [3.05, 3.63) is 11.1 Å². The van der Waals surface area contributed by atoms with Gasteiger partial charge in [-0.2, -0.15) is 0 Å². The van der Waals surface area contributed by atoms with Crippen LogP contribution in [-0.2, 0) is 10.2 Å². The first kappa shape index (κ1) is 11.0. The van der Waals surface area contributed by atoms with Crippen molar-refractivity contribution in [1.82, 2.24) is 4.98 Å². The molecule has 1 rings (SSSR count). The van der Waals surface area contributed by atoms with Gasteiger partial charge < -0.3 is 10.0 Å². The van der Waals surface area contributed by atoms with Crippen molar-refractivity contribution in [2.24, 2.45) is 0 Å². The molecule has 1 aromatic heterocycles. The molecule has 0 fully saturated rings. The number of anilines is 1. The molecule has 0 atom stereocenters. The number of hydrogen-bond acceptors (Lipinski definition) is 4. The molecule has 0 amide bonds. The fourth-order valence-electron chi connectivity index (χ4n) is 0.866. The summed E-state index contributed by atoms with van der Waals surface area (Å²) < 4.78 is 0. The number of carboxylic acid groups (broad SMARTS) is 1. The molecule has 0 bridgehead atoms. The van der Waals surface area contributed by atoms with Crippen LogP contribution in [0.3, 0.4) is 0 Å². The van der Waals surface area contributed by atoms with E-state index in [-0.39, 0.29) is 0 Å². The minimum absolute atomic E-state index is 0.610. The average molecular weight is 214 g/mol.